The molecule has 5 nitrogen and oxygen atoms in total. The topological polar surface area (TPSA) is 50.2 Å². The minimum atomic E-state index is -4.24. The molecule has 1 unspecified atom stereocenters. The number of carbonyl (C=O) groups excluding carboxylic acids is 1. The number of halogens is 3. The van der Waals surface area contributed by atoms with E-state index in [-0.39, 0.29) is 24.9 Å². The van der Waals surface area contributed by atoms with Crippen LogP contribution in [-0.4, -0.2) is 52.9 Å². The average Bonchev–Trinajstić information content (AvgIpc) is 2.89. The lowest BCUT2D eigenvalue weighted by Crippen LogP contribution is -2.42. The lowest BCUT2D eigenvalue weighted by atomic mass is 10.1. The highest BCUT2D eigenvalue weighted by Crippen LogP contribution is 2.21. The van der Waals surface area contributed by atoms with Gasteiger partial charge < -0.3 is 10.2 Å². The van der Waals surface area contributed by atoms with Gasteiger partial charge in [0, 0.05) is 32.3 Å². The first-order chi connectivity index (χ1) is 10.3. The largest absolute Gasteiger partial charge is 0.401 e. The first-order valence-electron chi connectivity index (χ1n) is 7.41. The number of aryl methyl sites for hydroxylation is 1. The Hall–Kier alpha value is -1.57. The van der Waals surface area contributed by atoms with Crippen molar-refractivity contribution in [3.8, 4) is 0 Å². The van der Waals surface area contributed by atoms with E-state index >= 15 is 0 Å². The summed E-state index contributed by atoms with van der Waals surface area (Å²) in [6, 6.07) is 0.148. The highest BCUT2D eigenvalue weighted by molar-refractivity contribution is 5.76. The third-order valence-corrected chi connectivity index (χ3v) is 3.70. The van der Waals surface area contributed by atoms with Gasteiger partial charge in [-0.15, -0.1) is 0 Å². The van der Waals surface area contributed by atoms with Crippen molar-refractivity contribution in [3.63, 3.8) is 0 Å². The number of amides is 1. The van der Waals surface area contributed by atoms with Gasteiger partial charge in [0.2, 0.25) is 5.91 Å². The first kappa shape index (κ1) is 16.8. The molecule has 0 spiro atoms. The number of alkyl halides is 3. The molecule has 1 aromatic heterocycles. The maximum absolute atomic E-state index is 12.1. The fourth-order valence-electron chi connectivity index (χ4n) is 2.61. The summed E-state index contributed by atoms with van der Waals surface area (Å²) in [6.07, 6.45) is 1.41. The van der Waals surface area contributed by atoms with Gasteiger partial charge in [-0.25, -0.2) is 0 Å². The Morgan fingerprint density at radius 2 is 2.27 bits per heavy atom. The summed E-state index contributed by atoms with van der Waals surface area (Å²) in [7, 11) is 0. The number of nitrogens with one attached hydrogen (secondary N) is 1. The van der Waals surface area contributed by atoms with Gasteiger partial charge in [-0.2, -0.15) is 18.3 Å². The van der Waals surface area contributed by atoms with Crippen molar-refractivity contribution in [3.05, 3.63) is 18.0 Å². The van der Waals surface area contributed by atoms with Crippen LogP contribution in [0.4, 0.5) is 13.2 Å². The first-order valence-corrected chi connectivity index (χ1v) is 7.41. The number of hydrogen-bond acceptors (Lipinski definition) is 3. The SMILES string of the molecule is Cc1cnn(C2CCCN(C(=O)CCNCC(F)(F)F)C2)c1. The molecular formula is C14H21F3N4O. The molecule has 1 atom stereocenters. The summed E-state index contributed by atoms with van der Waals surface area (Å²) >= 11 is 0. The lowest BCUT2D eigenvalue weighted by Gasteiger charge is -2.33. The van der Waals surface area contributed by atoms with Gasteiger partial charge in [-0.3, -0.25) is 9.48 Å². The van der Waals surface area contributed by atoms with Gasteiger partial charge in [-0.05, 0) is 25.3 Å². The van der Waals surface area contributed by atoms with Crippen LogP contribution in [0.1, 0.15) is 30.9 Å². The quantitative estimate of drug-likeness (QED) is 0.844. The van der Waals surface area contributed by atoms with E-state index in [2.05, 4.69) is 10.4 Å². The van der Waals surface area contributed by atoms with Gasteiger partial charge in [-0.1, -0.05) is 0 Å². The molecule has 1 aliphatic rings. The molecule has 1 amide bonds. The van der Waals surface area contributed by atoms with Crippen LogP contribution in [0.25, 0.3) is 0 Å². The van der Waals surface area contributed by atoms with Crippen molar-refractivity contribution in [1.29, 1.82) is 0 Å². The molecule has 2 heterocycles. The van der Waals surface area contributed by atoms with Crippen LogP contribution in [0.3, 0.4) is 0 Å². The van der Waals surface area contributed by atoms with Crippen LogP contribution in [0.2, 0.25) is 0 Å². The Morgan fingerprint density at radius 3 is 2.91 bits per heavy atom. The predicted octanol–water partition coefficient (Wildman–Crippen LogP) is 1.90. The van der Waals surface area contributed by atoms with Crippen LogP contribution >= 0.6 is 0 Å². The van der Waals surface area contributed by atoms with E-state index < -0.39 is 12.7 Å². The highest BCUT2D eigenvalue weighted by Gasteiger charge is 2.27. The molecular weight excluding hydrogens is 297 g/mol. The molecule has 0 saturated carbocycles. The van der Waals surface area contributed by atoms with Gasteiger partial charge in [0.1, 0.15) is 0 Å². The zero-order valence-electron chi connectivity index (χ0n) is 12.6. The van der Waals surface area contributed by atoms with E-state index in [1.807, 2.05) is 17.8 Å². The number of piperidine rings is 1. The lowest BCUT2D eigenvalue weighted by molar-refractivity contribution is -0.134. The number of likely N-dealkylation sites (tertiary alicyclic amines) is 1. The van der Waals surface area contributed by atoms with Crippen molar-refractivity contribution < 1.29 is 18.0 Å². The average molecular weight is 318 g/mol. The van der Waals surface area contributed by atoms with Gasteiger partial charge in [0.05, 0.1) is 18.8 Å². The smallest absolute Gasteiger partial charge is 0.341 e. The Balaban J connectivity index is 1.78. The van der Waals surface area contributed by atoms with E-state index in [4.69, 9.17) is 0 Å². The number of hydrogen-bond donors (Lipinski definition) is 1. The standard InChI is InChI=1S/C14H21F3N4O/c1-11-7-19-21(8-11)12-3-2-6-20(9-12)13(22)4-5-18-10-14(15,16)17/h7-8,12,18H,2-6,9-10H2,1H3. The number of carbonyl (C=O) groups is 1. The fourth-order valence-corrected chi connectivity index (χ4v) is 2.61. The van der Waals surface area contributed by atoms with E-state index in [0.29, 0.717) is 13.1 Å². The third kappa shape index (κ3) is 5.01. The molecule has 0 radical (unpaired) electrons. The van der Waals surface area contributed by atoms with Crippen LogP contribution in [0, 0.1) is 6.92 Å². The van der Waals surface area contributed by atoms with E-state index in [1.165, 1.54) is 0 Å². The summed E-state index contributed by atoms with van der Waals surface area (Å²) in [5.74, 6) is -0.108. The number of rotatable bonds is 5. The molecule has 124 valence electrons. The molecule has 1 fully saturated rings. The summed E-state index contributed by atoms with van der Waals surface area (Å²) in [4.78, 5) is 13.8. The van der Waals surface area contributed by atoms with Crippen molar-refractivity contribution >= 4 is 5.91 Å². The zero-order valence-corrected chi connectivity index (χ0v) is 12.6. The van der Waals surface area contributed by atoms with Gasteiger partial charge in [0.15, 0.2) is 0 Å². The molecule has 2 rings (SSSR count). The van der Waals surface area contributed by atoms with Gasteiger partial charge in [0.25, 0.3) is 0 Å². The maximum atomic E-state index is 12.1. The Morgan fingerprint density at radius 1 is 1.50 bits per heavy atom. The minimum absolute atomic E-state index is 0.0421. The molecule has 0 aromatic carbocycles. The minimum Gasteiger partial charge on any atom is -0.341 e. The van der Waals surface area contributed by atoms with Crippen LogP contribution in [0.15, 0.2) is 12.4 Å². The molecule has 0 aliphatic carbocycles. The second kappa shape index (κ2) is 7.13. The molecule has 1 saturated heterocycles. The number of aromatic nitrogens is 2. The molecule has 22 heavy (non-hydrogen) atoms. The van der Waals surface area contributed by atoms with Gasteiger partial charge >= 0.3 is 6.18 Å². The number of nitrogens with zero attached hydrogens (tertiary/aromatic N) is 3. The van der Waals surface area contributed by atoms with Crippen LogP contribution < -0.4 is 5.32 Å². The summed E-state index contributed by atoms with van der Waals surface area (Å²) < 4.78 is 37.9. The van der Waals surface area contributed by atoms with Crippen molar-refractivity contribution in [2.75, 3.05) is 26.2 Å². The Kier molecular flexibility index (Phi) is 5.44. The monoisotopic (exact) mass is 318 g/mol. The molecule has 1 aromatic rings. The third-order valence-electron chi connectivity index (χ3n) is 3.70. The highest BCUT2D eigenvalue weighted by atomic mass is 19.4. The predicted molar refractivity (Wildman–Crippen MR) is 75.4 cm³/mol. The van der Waals surface area contributed by atoms with E-state index in [0.717, 1.165) is 18.4 Å². The van der Waals surface area contributed by atoms with E-state index in [1.54, 1.807) is 11.1 Å². The molecule has 1 aliphatic heterocycles. The molecule has 8 heteroatoms. The maximum Gasteiger partial charge on any atom is 0.401 e. The Labute approximate surface area is 127 Å². The van der Waals surface area contributed by atoms with Crippen molar-refractivity contribution in [2.24, 2.45) is 0 Å². The van der Waals surface area contributed by atoms with Crippen molar-refractivity contribution in [2.45, 2.75) is 38.4 Å². The molecule has 0 bridgehead atoms. The normalized spacial score (nSPS) is 19.5. The summed E-state index contributed by atoms with van der Waals surface area (Å²) in [5.41, 5.74) is 1.07. The van der Waals surface area contributed by atoms with Crippen LogP contribution in [0.5, 0.6) is 0 Å². The van der Waals surface area contributed by atoms with Crippen molar-refractivity contribution in [1.82, 2.24) is 20.0 Å². The molecule has 1 N–H and O–H groups in total. The fraction of sp³-hybridized carbons (Fsp3) is 0.714. The second-order valence-electron chi connectivity index (χ2n) is 5.68. The Bertz CT molecular complexity index is 501. The summed E-state index contributed by atoms with van der Waals surface area (Å²) in [6.45, 7) is 2.17. The van der Waals surface area contributed by atoms with E-state index in [9.17, 15) is 18.0 Å². The zero-order chi connectivity index (χ0) is 16.2. The summed E-state index contributed by atoms with van der Waals surface area (Å²) in [5, 5.41) is 6.53. The second-order valence-corrected chi connectivity index (χ2v) is 5.68. The van der Waals surface area contributed by atoms with Crippen LogP contribution in [-0.2, 0) is 4.79 Å².